The monoisotopic (exact) mass is 240 g/mol. The molecule has 0 radical (unpaired) electrons. The summed E-state index contributed by atoms with van der Waals surface area (Å²) in [7, 11) is 0. The van der Waals surface area contributed by atoms with E-state index in [1.807, 2.05) is 0 Å². The number of hydrogen-bond donors (Lipinski definition) is 1. The van der Waals surface area contributed by atoms with Crippen molar-refractivity contribution in [3.63, 3.8) is 0 Å². The Bertz CT molecular complexity index is 369. The molecule has 0 spiro atoms. The van der Waals surface area contributed by atoms with Crippen LogP contribution in [0.3, 0.4) is 0 Å². The van der Waals surface area contributed by atoms with Gasteiger partial charge in [0.25, 0.3) is 0 Å². The minimum atomic E-state index is -0.994. The summed E-state index contributed by atoms with van der Waals surface area (Å²) in [6.45, 7) is 0. The Morgan fingerprint density at radius 2 is 2.00 bits per heavy atom. The topological polar surface area (TPSA) is 37.3 Å². The van der Waals surface area contributed by atoms with Crippen molar-refractivity contribution < 1.29 is 40.9 Å². The molecule has 2 nitrogen and oxygen atoms in total. The van der Waals surface area contributed by atoms with Crippen LogP contribution in [0.4, 0.5) is 0 Å². The van der Waals surface area contributed by atoms with Crippen molar-refractivity contribution in [3.05, 3.63) is 39.9 Å². The van der Waals surface area contributed by atoms with Gasteiger partial charge in [0.15, 0.2) is 0 Å². The molecule has 0 saturated carbocycles. The number of rotatable bonds is 2. The van der Waals surface area contributed by atoms with Crippen molar-refractivity contribution in [2.75, 3.05) is 0 Å². The summed E-state index contributed by atoms with van der Waals surface area (Å²) in [6, 6.07) is 4.91. The Morgan fingerprint density at radius 3 is 2.50 bits per heavy atom. The Balaban J connectivity index is 0. The van der Waals surface area contributed by atoms with E-state index in [0.717, 1.165) is 6.08 Å². The van der Waals surface area contributed by atoms with E-state index in [2.05, 4.69) is 0 Å². The molecule has 0 aliphatic rings. The van der Waals surface area contributed by atoms with E-state index in [1.54, 1.807) is 18.2 Å². The fourth-order valence-electron chi connectivity index (χ4n) is 0.784. The third-order valence-electron chi connectivity index (χ3n) is 1.36. The molecule has 14 heavy (non-hydrogen) atoms. The van der Waals surface area contributed by atoms with E-state index in [1.165, 1.54) is 6.08 Å². The molecule has 0 bridgehead atoms. The van der Waals surface area contributed by atoms with Gasteiger partial charge in [-0.3, -0.25) is 0 Å². The first-order valence-corrected chi connectivity index (χ1v) is 4.21. The van der Waals surface area contributed by atoms with Crippen molar-refractivity contribution in [3.8, 4) is 0 Å². The molecule has 0 unspecified atom stereocenters. The average Bonchev–Trinajstić information content (AvgIpc) is 2.07. The van der Waals surface area contributed by atoms with Crippen LogP contribution in [0.1, 0.15) is 6.99 Å². The number of carboxylic acid groups (broad SMARTS) is 1. The number of aliphatic carboxylic acids is 1. The van der Waals surface area contributed by atoms with Gasteiger partial charge < -0.3 is 6.53 Å². The van der Waals surface area contributed by atoms with Crippen molar-refractivity contribution >= 4 is 35.2 Å². The van der Waals surface area contributed by atoms with Gasteiger partial charge >= 0.3 is 35.5 Å². The van der Waals surface area contributed by atoms with E-state index in [4.69, 9.17) is 28.3 Å². The summed E-state index contributed by atoms with van der Waals surface area (Å²) >= 11 is 11.4. The second-order valence-corrected chi connectivity index (χ2v) is 3.16. The first-order chi connectivity index (χ1) is 6.09. The molecule has 70 valence electrons. The van der Waals surface area contributed by atoms with Crippen molar-refractivity contribution in [1.29, 1.82) is 0 Å². The van der Waals surface area contributed by atoms with Crippen LogP contribution in [0, 0.1) is 0 Å². The summed E-state index contributed by atoms with van der Waals surface area (Å²) in [5.41, 5.74) is 0.705. The number of hydrogen-bond acceptors (Lipinski definition) is 1. The Kier molecular flexibility index (Phi) is 6.49. The summed E-state index contributed by atoms with van der Waals surface area (Å²) in [6.07, 6.45) is 2.49. The molecule has 0 aliphatic carbocycles. The van der Waals surface area contributed by atoms with Gasteiger partial charge in [0, 0.05) is 6.08 Å². The second kappa shape index (κ2) is 6.49. The van der Waals surface area contributed by atoms with Gasteiger partial charge in [-0.2, -0.15) is 0 Å². The standard InChI is InChI=1S/C9H6Cl2O2.Na.H/c10-7-3-1-6(5-8(7)11)2-4-9(12)13;;/h1-5H,(H,12,13);;/q;+1;-1. The molecular formula is C9H7Cl2NaO2. The van der Waals surface area contributed by atoms with Crippen LogP contribution in [-0.4, -0.2) is 11.1 Å². The molecule has 0 amide bonds. The SMILES string of the molecule is O=C(O)C=Cc1ccc(Cl)c(Cl)c1.[H-].[Na+]. The quantitative estimate of drug-likeness (QED) is 0.593. The minimum Gasteiger partial charge on any atom is -1.00 e. The van der Waals surface area contributed by atoms with Crippen LogP contribution in [0.25, 0.3) is 6.08 Å². The number of carbonyl (C=O) groups is 1. The Hall–Kier alpha value is 0.0100. The predicted octanol–water partition coefficient (Wildman–Crippen LogP) is 0.208. The summed E-state index contributed by atoms with van der Waals surface area (Å²) in [5.74, 6) is -0.994. The van der Waals surface area contributed by atoms with Gasteiger partial charge in [0.2, 0.25) is 0 Å². The van der Waals surface area contributed by atoms with Crippen molar-refractivity contribution in [2.24, 2.45) is 0 Å². The molecule has 1 rings (SSSR count). The largest absolute Gasteiger partial charge is 1.00 e. The van der Waals surface area contributed by atoms with E-state index in [0.29, 0.717) is 15.6 Å². The summed E-state index contributed by atoms with van der Waals surface area (Å²) in [4.78, 5) is 10.2. The maximum atomic E-state index is 10.2. The summed E-state index contributed by atoms with van der Waals surface area (Å²) < 4.78 is 0. The van der Waals surface area contributed by atoms with E-state index in [-0.39, 0.29) is 31.0 Å². The number of carboxylic acids is 1. The van der Waals surface area contributed by atoms with E-state index < -0.39 is 5.97 Å². The third-order valence-corrected chi connectivity index (χ3v) is 2.10. The van der Waals surface area contributed by atoms with Gasteiger partial charge in [0.05, 0.1) is 10.0 Å². The third kappa shape index (κ3) is 4.49. The fraction of sp³-hybridized carbons (Fsp3) is 0. The van der Waals surface area contributed by atoms with E-state index in [9.17, 15) is 4.79 Å². The van der Waals surface area contributed by atoms with E-state index >= 15 is 0 Å². The van der Waals surface area contributed by atoms with Crippen LogP contribution >= 0.6 is 23.2 Å². The predicted molar refractivity (Wildman–Crippen MR) is 54.2 cm³/mol. The van der Waals surface area contributed by atoms with Gasteiger partial charge in [-0.15, -0.1) is 0 Å². The Morgan fingerprint density at radius 1 is 1.36 bits per heavy atom. The zero-order chi connectivity index (χ0) is 9.84. The molecule has 0 heterocycles. The molecule has 5 heteroatoms. The summed E-state index contributed by atoms with van der Waals surface area (Å²) in [5, 5.41) is 9.22. The van der Waals surface area contributed by atoms with Crippen molar-refractivity contribution in [2.45, 2.75) is 0 Å². The van der Waals surface area contributed by atoms with Crippen molar-refractivity contribution in [1.82, 2.24) is 0 Å². The van der Waals surface area contributed by atoms with Gasteiger partial charge in [-0.1, -0.05) is 29.3 Å². The van der Waals surface area contributed by atoms with Crippen LogP contribution in [0.15, 0.2) is 24.3 Å². The van der Waals surface area contributed by atoms with Crippen LogP contribution in [0.5, 0.6) is 0 Å². The molecule has 0 aromatic heterocycles. The zero-order valence-corrected chi connectivity index (χ0v) is 11.0. The van der Waals surface area contributed by atoms with Crippen LogP contribution in [0.2, 0.25) is 10.0 Å². The maximum absolute atomic E-state index is 10.2. The first kappa shape index (κ1) is 14.0. The molecule has 1 N–H and O–H groups in total. The smallest absolute Gasteiger partial charge is 1.00 e. The molecule has 0 fully saturated rings. The molecule has 0 saturated heterocycles. The average molecular weight is 241 g/mol. The maximum Gasteiger partial charge on any atom is 1.00 e. The van der Waals surface area contributed by atoms with Crippen LogP contribution < -0.4 is 29.6 Å². The molecule has 1 aromatic carbocycles. The van der Waals surface area contributed by atoms with Gasteiger partial charge in [0.1, 0.15) is 0 Å². The molecule has 0 aliphatic heterocycles. The normalized spacial score (nSPS) is 9.86. The minimum absolute atomic E-state index is 0. The first-order valence-electron chi connectivity index (χ1n) is 3.45. The molecule has 0 atom stereocenters. The number of benzene rings is 1. The molecule has 1 aromatic rings. The molecular weight excluding hydrogens is 234 g/mol. The van der Waals surface area contributed by atoms with Gasteiger partial charge in [-0.25, -0.2) is 4.79 Å². The zero-order valence-electron chi connectivity index (χ0n) is 8.50. The fourth-order valence-corrected chi connectivity index (χ4v) is 1.09. The number of halogens is 2. The van der Waals surface area contributed by atoms with Gasteiger partial charge in [-0.05, 0) is 23.8 Å². The second-order valence-electron chi connectivity index (χ2n) is 2.35. The van der Waals surface area contributed by atoms with Crippen LogP contribution in [-0.2, 0) is 4.79 Å². The Labute approximate surface area is 115 Å².